The Morgan fingerprint density at radius 1 is 0.312 bits per heavy atom. The highest BCUT2D eigenvalue weighted by Gasteiger charge is 2.20. The number of furan rings is 1. The minimum Gasteiger partial charge on any atom is -0.456 e. The Morgan fingerprint density at radius 2 is 0.906 bits per heavy atom. The second-order valence-electron chi connectivity index (χ2n) is 16.3. The summed E-state index contributed by atoms with van der Waals surface area (Å²) in [6, 6.07) is 75.0. The van der Waals surface area contributed by atoms with Crippen molar-refractivity contribution in [1.82, 2.24) is 15.0 Å². The summed E-state index contributed by atoms with van der Waals surface area (Å²) in [4.78, 5) is 15.7. The second kappa shape index (κ2) is 14.7. The lowest BCUT2D eigenvalue weighted by molar-refractivity contribution is 0.669. The van der Waals surface area contributed by atoms with Crippen molar-refractivity contribution in [2.75, 3.05) is 0 Å². The highest BCUT2D eigenvalue weighted by atomic mass is 32.1. The van der Waals surface area contributed by atoms with Crippen LogP contribution in [0.1, 0.15) is 0 Å². The summed E-state index contributed by atoms with van der Waals surface area (Å²) in [6.45, 7) is 0. The first-order valence-electron chi connectivity index (χ1n) is 21.5. The predicted molar refractivity (Wildman–Crippen MR) is 268 cm³/mol. The Labute approximate surface area is 372 Å². The van der Waals surface area contributed by atoms with E-state index < -0.39 is 0 Å². The molecule has 5 heteroatoms. The fourth-order valence-corrected chi connectivity index (χ4v) is 10.8. The van der Waals surface area contributed by atoms with E-state index in [-0.39, 0.29) is 0 Å². The van der Waals surface area contributed by atoms with Gasteiger partial charge in [0, 0.05) is 47.6 Å². The molecule has 298 valence electrons. The van der Waals surface area contributed by atoms with Gasteiger partial charge in [0.25, 0.3) is 0 Å². The molecule has 0 N–H and O–H groups in total. The van der Waals surface area contributed by atoms with Crippen molar-refractivity contribution < 1.29 is 4.42 Å². The first-order chi connectivity index (χ1) is 31.7. The van der Waals surface area contributed by atoms with Gasteiger partial charge in [-0.3, -0.25) is 0 Å². The largest absolute Gasteiger partial charge is 0.456 e. The zero-order valence-electron chi connectivity index (χ0n) is 34.4. The molecule has 0 aliphatic heterocycles. The molecule has 10 aromatic carbocycles. The van der Waals surface area contributed by atoms with E-state index in [9.17, 15) is 0 Å². The van der Waals surface area contributed by atoms with E-state index in [1.807, 2.05) is 41.7 Å². The zero-order valence-corrected chi connectivity index (χ0v) is 35.2. The SMILES string of the molecule is c1ccc(-c2nc(-c3ccccc3-c3ccc(-c4cccc5c4sc4ccccc45)cc3)nc(-c3cccc4oc5cc(-c6cc7ccccc7c7ccccc67)ccc5c34)n2)cc1. The van der Waals surface area contributed by atoms with Crippen molar-refractivity contribution in [2.24, 2.45) is 0 Å². The standard InChI is InChI=1S/C59H35N3OS/c1-2-14-38(15-3-1)57-60-58(48-22-9-6-17-41(48)36-28-30-37(31-29-36)43-23-12-24-47-46-21-10-11-27-54(46)64-56(43)47)62-59(61-57)50-25-13-26-52-55(50)49-33-32-40(35-53(49)63-52)51-34-39-16-4-5-18-42(39)44-19-7-8-20-45(44)51/h1-35H. The molecule has 0 aliphatic carbocycles. The van der Waals surface area contributed by atoms with Gasteiger partial charge in [-0.05, 0) is 85.3 Å². The molecule has 0 saturated heterocycles. The quantitative estimate of drug-likeness (QED) is 0.157. The minimum absolute atomic E-state index is 0.586. The Bertz CT molecular complexity index is 3960. The summed E-state index contributed by atoms with van der Waals surface area (Å²) < 4.78 is 9.31. The first-order valence-corrected chi connectivity index (χ1v) is 22.3. The maximum atomic E-state index is 6.69. The van der Waals surface area contributed by atoms with Crippen molar-refractivity contribution in [3.63, 3.8) is 0 Å². The molecule has 3 heterocycles. The second-order valence-corrected chi connectivity index (χ2v) is 17.3. The van der Waals surface area contributed by atoms with Crippen LogP contribution >= 0.6 is 11.3 Å². The third kappa shape index (κ3) is 5.93. The van der Waals surface area contributed by atoms with Gasteiger partial charge >= 0.3 is 0 Å². The number of benzene rings is 10. The summed E-state index contributed by atoms with van der Waals surface area (Å²) >= 11 is 1.86. The maximum absolute atomic E-state index is 6.69. The smallest absolute Gasteiger partial charge is 0.164 e. The molecule has 13 rings (SSSR count). The molecule has 0 saturated carbocycles. The van der Waals surface area contributed by atoms with Crippen molar-refractivity contribution in [3.05, 3.63) is 212 Å². The van der Waals surface area contributed by atoms with Crippen LogP contribution in [0.25, 0.3) is 131 Å². The zero-order chi connectivity index (χ0) is 42.1. The molecule has 0 unspecified atom stereocenters. The molecule has 0 bridgehead atoms. The number of aromatic nitrogens is 3. The lowest BCUT2D eigenvalue weighted by Gasteiger charge is -2.13. The van der Waals surface area contributed by atoms with Gasteiger partial charge in [0.1, 0.15) is 11.2 Å². The highest BCUT2D eigenvalue weighted by molar-refractivity contribution is 7.26. The highest BCUT2D eigenvalue weighted by Crippen LogP contribution is 2.43. The number of hydrogen-bond acceptors (Lipinski definition) is 5. The molecule has 13 aromatic rings. The Kier molecular flexibility index (Phi) is 8.36. The molecule has 0 radical (unpaired) electrons. The van der Waals surface area contributed by atoms with E-state index in [4.69, 9.17) is 19.4 Å². The number of thiophene rings is 1. The van der Waals surface area contributed by atoms with Crippen LogP contribution in [0.3, 0.4) is 0 Å². The van der Waals surface area contributed by atoms with Gasteiger partial charge in [0.2, 0.25) is 0 Å². The number of hydrogen-bond donors (Lipinski definition) is 0. The monoisotopic (exact) mass is 833 g/mol. The van der Waals surface area contributed by atoms with E-state index in [2.05, 4.69) is 182 Å². The van der Waals surface area contributed by atoms with E-state index in [0.717, 1.165) is 55.3 Å². The van der Waals surface area contributed by atoms with Gasteiger partial charge in [0.05, 0.1) is 0 Å². The first kappa shape index (κ1) is 36.4. The Morgan fingerprint density at radius 3 is 1.75 bits per heavy atom. The molecule has 4 nitrogen and oxygen atoms in total. The third-order valence-electron chi connectivity index (χ3n) is 12.6. The molecule has 3 aromatic heterocycles. The van der Waals surface area contributed by atoms with Crippen LogP contribution in [-0.4, -0.2) is 15.0 Å². The average molecular weight is 834 g/mol. The van der Waals surface area contributed by atoms with E-state index in [0.29, 0.717) is 17.5 Å². The molecule has 0 atom stereocenters. The van der Waals surface area contributed by atoms with Crippen molar-refractivity contribution in [2.45, 2.75) is 0 Å². The van der Waals surface area contributed by atoms with Crippen molar-refractivity contribution in [1.29, 1.82) is 0 Å². The van der Waals surface area contributed by atoms with E-state index in [1.54, 1.807) is 0 Å². The van der Waals surface area contributed by atoms with Gasteiger partial charge < -0.3 is 4.42 Å². The number of rotatable bonds is 6. The molecule has 64 heavy (non-hydrogen) atoms. The molecule has 0 spiro atoms. The molecule has 0 aliphatic rings. The molecule has 0 amide bonds. The number of nitrogens with zero attached hydrogens (tertiary/aromatic N) is 3. The molecule has 0 fully saturated rings. The van der Waals surface area contributed by atoms with Crippen molar-refractivity contribution >= 4 is 75.0 Å². The fourth-order valence-electron chi connectivity index (χ4n) is 9.54. The van der Waals surface area contributed by atoms with Crippen LogP contribution in [-0.2, 0) is 0 Å². The normalized spacial score (nSPS) is 11.8. The van der Waals surface area contributed by atoms with E-state index >= 15 is 0 Å². The summed E-state index contributed by atoms with van der Waals surface area (Å²) in [7, 11) is 0. The van der Waals surface area contributed by atoms with Crippen LogP contribution in [0, 0.1) is 0 Å². The van der Waals surface area contributed by atoms with E-state index in [1.165, 1.54) is 58.4 Å². The van der Waals surface area contributed by atoms with Crippen LogP contribution in [0.2, 0.25) is 0 Å². The molecular formula is C59H35N3OS. The Hall–Kier alpha value is -8.25. The van der Waals surface area contributed by atoms with Crippen LogP contribution in [0.5, 0.6) is 0 Å². The van der Waals surface area contributed by atoms with Crippen molar-refractivity contribution in [3.8, 4) is 67.5 Å². The van der Waals surface area contributed by atoms with Gasteiger partial charge in [-0.2, -0.15) is 0 Å². The van der Waals surface area contributed by atoms with Crippen LogP contribution in [0.15, 0.2) is 217 Å². The third-order valence-corrected chi connectivity index (χ3v) is 13.8. The molecular weight excluding hydrogens is 799 g/mol. The summed E-state index contributed by atoms with van der Waals surface area (Å²) in [5, 5.41) is 9.49. The van der Waals surface area contributed by atoms with Gasteiger partial charge in [-0.1, -0.05) is 182 Å². The Balaban J connectivity index is 0.938. The number of fused-ring (bicyclic) bond motifs is 9. The van der Waals surface area contributed by atoms with Gasteiger partial charge in [-0.25, -0.2) is 15.0 Å². The minimum atomic E-state index is 0.586. The van der Waals surface area contributed by atoms with Crippen LogP contribution in [0.4, 0.5) is 0 Å². The topological polar surface area (TPSA) is 51.8 Å². The summed E-state index contributed by atoms with van der Waals surface area (Å²) in [5.74, 6) is 1.80. The average Bonchev–Trinajstić information content (AvgIpc) is 3.95. The lowest BCUT2D eigenvalue weighted by atomic mass is 9.93. The lowest BCUT2D eigenvalue weighted by Crippen LogP contribution is -2.01. The van der Waals surface area contributed by atoms with Gasteiger partial charge in [-0.15, -0.1) is 11.3 Å². The van der Waals surface area contributed by atoms with Gasteiger partial charge in [0.15, 0.2) is 17.5 Å². The summed E-state index contributed by atoms with van der Waals surface area (Å²) in [5.41, 5.74) is 11.2. The maximum Gasteiger partial charge on any atom is 0.164 e. The fraction of sp³-hybridized carbons (Fsp3) is 0. The predicted octanol–water partition coefficient (Wildman–Crippen LogP) is 16.4. The van der Waals surface area contributed by atoms with Crippen LogP contribution < -0.4 is 0 Å². The summed E-state index contributed by atoms with van der Waals surface area (Å²) in [6.07, 6.45) is 0.